The number of likely N-dealkylation sites (tertiary alicyclic amines) is 1. The van der Waals surface area contributed by atoms with Gasteiger partial charge in [-0.2, -0.15) is 0 Å². The Morgan fingerprint density at radius 1 is 1.61 bits per heavy atom. The third-order valence-corrected chi connectivity index (χ3v) is 3.99. The Labute approximate surface area is 114 Å². The lowest BCUT2D eigenvalue weighted by molar-refractivity contribution is -0.146. The van der Waals surface area contributed by atoms with Gasteiger partial charge in [0, 0.05) is 11.0 Å². The quantitative estimate of drug-likeness (QED) is 0.803. The number of carbonyl (C=O) groups excluding carboxylic acids is 1. The van der Waals surface area contributed by atoms with Crippen molar-refractivity contribution in [1.29, 1.82) is 0 Å². The van der Waals surface area contributed by atoms with Gasteiger partial charge in [-0.3, -0.25) is 9.69 Å². The average molecular weight is 316 g/mol. The maximum Gasteiger partial charge on any atom is 0.323 e. The van der Waals surface area contributed by atoms with Crippen molar-refractivity contribution in [3.63, 3.8) is 0 Å². The zero-order valence-corrected chi connectivity index (χ0v) is 11.7. The molecule has 5 heteroatoms. The number of nitrogens with zero attached hydrogens (tertiary/aromatic N) is 1. The molecule has 0 aromatic heterocycles. The summed E-state index contributed by atoms with van der Waals surface area (Å²) in [4.78, 5) is 13.6. The van der Waals surface area contributed by atoms with Crippen LogP contribution in [0.1, 0.15) is 18.4 Å². The Morgan fingerprint density at radius 3 is 3.11 bits per heavy atom. The second-order valence-corrected chi connectivity index (χ2v) is 5.24. The molecule has 0 bridgehead atoms. The highest BCUT2D eigenvalue weighted by Gasteiger charge is 2.31. The Morgan fingerprint density at radius 2 is 2.39 bits per heavy atom. The fourth-order valence-corrected chi connectivity index (χ4v) is 2.67. The fourth-order valence-electron chi connectivity index (χ4n) is 2.30. The van der Waals surface area contributed by atoms with E-state index in [2.05, 4.69) is 15.9 Å². The first-order valence-electron chi connectivity index (χ1n) is 5.87. The van der Waals surface area contributed by atoms with Gasteiger partial charge in [0.05, 0.1) is 7.11 Å². The fraction of sp³-hybridized carbons (Fsp3) is 0.462. The number of ether oxygens (including phenoxy) is 1. The highest BCUT2D eigenvalue weighted by atomic mass is 79.9. The van der Waals surface area contributed by atoms with Crippen LogP contribution in [-0.4, -0.2) is 30.6 Å². The molecule has 0 radical (unpaired) electrons. The Hall–Kier alpha value is -0.940. The normalized spacial score (nSPS) is 20.1. The second kappa shape index (κ2) is 5.80. The monoisotopic (exact) mass is 315 g/mol. The standard InChI is InChI=1S/C13H15BrFNO2/c1-18-13(17)12-3-2-6-16(12)8-9-7-10(15)4-5-11(9)14/h4-5,7,12H,2-3,6,8H2,1H3. The summed E-state index contributed by atoms with van der Waals surface area (Å²) in [6.45, 7) is 1.39. The van der Waals surface area contributed by atoms with Crippen molar-refractivity contribution in [2.24, 2.45) is 0 Å². The predicted molar refractivity (Wildman–Crippen MR) is 69.5 cm³/mol. The zero-order chi connectivity index (χ0) is 13.1. The smallest absolute Gasteiger partial charge is 0.323 e. The minimum atomic E-state index is -0.262. The molecule has 3 nitrogen and oxygen atoms in total. The van der Waals surface area contributed by atoms with Crippen LogP contribution in [0, 0.1) is 5.82 Å². The average Bonchev–Trinajstić information content (AvgIpc) is 2.81. The van der Waals surface area contributed by atoms with Gasteiger partial charge in [0.1, 0.15) is 11.9 Å². The number of hydrogen-bond acceptors (Lipinski definition) is 3. The first-order chi connectivity index (χ1) is 8.61. The van der Waals surface area contributed by atoms with E-state index < -0.39 is 0 Å². The molecule has 18 heavy (non-hydrogen) atoms. The number of methoxy groups -OCH3 is 1. The summed E-state index contributed by atoms with van der Waals surface area (Å²) in [7, 11) is 1.40. The highest BCUT2D eigenvalue weighted by molar-refractivity contribution is 9.10. The van der Waals surface area contributed by atoms with Gasteiger partial charge in [-0.25, -0.2) is 4.39 Å². The van der Waals surface area contributed by atoms with Crippen LogP contribution in [0.25, 0.3) is 0 Å². The van der Waals surface area contributed by atoms with Gasteiger partial charge in [0.15, 0.2) is 0 Å². The Kier molecular flexibility index (Phi) is 4.35. The lowest BCUT2D eigenvalue weighted by Crippen LogP contribution is -2.36. The van der Waals surface area contributed by atoms with Crippen LogP contribution in [0.5, 0.6) is 0 Å². The van der Waals surface area contributed by atoms with Crippen LogP contribution in [-0.2, 0) is 16.1 Å². The van der Waals surface area contributed by atoms with Gasteiger partial charge in [-0.15, -0.1) is 0 Å². The molecule has 0 amide bonds. The van der Waals surface area contributed by atoms with E-state index in [1.165, 1.54) is 19.2 Å². The number of esters is 1. The van der Waals surface area contributed by atoms with Gasteiger partial charge in [0.25, 0.3) is 0 Å². The number of carbonyl (C=O) groups is 1. The van der Waals surface area contributed by atoms with Gasteiger partial charge < -0.3 is 4.74 Å². The van der Waals surface area contributed by atoms with E-state index in [0.29, 0.717) is 6.54 Å². The number of halogens is 2. The van der Waals surface area contributed by atoms with E-state index in [1.54, 1.807) is 6.07 Å². The predicted octanol–water partition coefficient (Wildman–Crippen LogP) is 2.73. The minimum Gasteiger partial charge on any atom is -0.468 e. The molecule has 1 saturated heterocycles. The van der Waals surface area contributed by atoms with Gasteiger partial charge in [-0.05, 0) is 43.1 Å². The van der Waals surface area contributed by atoms with Crippen LogP contribution >= 0.6 is 15.9 Å². The lowest BCUT2D eigenvalue weighted by atomic mass is 10.2. The zero-order valence-electron chi connectivity index (χ0n) is 10.2. The molecule has 98 valence electrons. The first kappa shape index (κ1) is 13.5. The summed E-state index contributed by atoms with van der Waals surface area (Å²) >= 11 is 3.40. The van der Waals surface area contributed by atoms with Crippen LogP contribution in [0.2, 0.25) is 0 Å². The molecular weight excluding hydrogens is 301 g/mol. The maximum atomic E-state index is 13.2. The molecule has 0 N–H and O–H groups in total. The molecule has 1 aromatic carbocycles. The lowest BCUT2D eigenvalue weighted by Gasteiger charge is -2.22. The third-order valence-electron chi connectivity index (χ3n) is 3.22. The summed E-state index contributed by atoms with van der Waals surface area (Å²) in [6, 6.07) is 4.39. The van der Waals surface area contributed by atoms with Crippen molar-refractivity contribution in [3.05, 3.63) is 34.1 Å². The summed E-state index contributed by atoms with van der Waals surface area (Å²) < 4.78 is 18.9. The number of benzene rings is 1. The minimum absolute atomic E-state index is 0.204. The topological polar surface area (TPSA) is 29.5 Å². The molecule has 0 spiro atoms. The van der Waals surface area contributed by atoms with Crippen molar-refractivity contribution in [3.8, 4) is 0 Å². The molecular formula is C13H15BrFNO2. The largest absolute Gasteiger partial charge is 0.468 e. The molecule has 1 aliphatic heterocycles. The second-order valence-electron chi connectivity index (χ2n) is 4.39. The van der Waals surface area contributed by atoms with E-state index in [1.807, 2.05) is 4.90 Å². The highest BCUT2D eigenvalue weighted by Crippen LogP contribution is 2.25. The summed E-state index contributed by atoms with van der Waals surface area (Å²) in [5.41, 5.74) is 0.853. The van der Waals surface area contributed by atoms with Gasteiger partial charge >= 0.3 is 5.97 Å². The molecule has 1 atom stereocenters. The molecule has 1 unspecified atom stereocenters. The van der Waals surface area contributed by atoms with Gasteiger partial charge in [0.2, 0.25) is 0 Å². The van der Waals surface area contributed by atoms with Crippen LogP contribution in [0.4, 0.5) is 4.39 Å². The van der Waals surface area contributed by atoms with Crippen LogP contribution < -0.4 is 0 Å². The molecule has 1 aliphatic rings. The van der Waals surface area contributed by atoms with Gasteiger partial charge in [-0.1, -0.05) is 15.9 Å². The number of rotatable bonds is 3. The van der Waals surface area contributed by atoms with Crippen molar-refractivity contribution in [1.82, 2.24) is 4.90 Å². The first-order valence-corrected chi connectivity index (χ1v) is 6.67. The molecule has 0 saturated carbocycles. The maximum absolute atomic E-state index is 13.2. The third kappa shape index (κ3) is 2.90. The van der Waals surface area contributed by atoms with Crippen LogP contribution in [0.15, 0.2) is 22.7 Å². The van der Waals surface area contributed by atoms with E-state index >= 15 is 0 Å². The SMILES string of the molecule is COC(=O)C1CCCN1Cc1cc(F)ccc1Br. The van der Waals surface area contributed by atoms with E-state index in [-0.39, 0.29) is 17.8 Å². The molecule has 2 rings (SSSR count). The summed E-state index contributed by atoms with van der Waals surface area (Å²) in [5, 5.41) is 0. The van der Waals surface area contributed by atoms with E-state index in [0.717, 1.165) is 29.4 Å². The number of hydrogen-bond donors (Lipinski definition) is 0. The van der Waals surface area contributed by atoms with E-state index in [4.69, 9.17) is 4.74 Å². The molecule has 1 fully saturated rings. The van der Waals surface area contributed by atoms with E-state index in [9.17, 15) is 9.18 Å². The molecule has 1 heterocycles. The van der Waals surface area contributed by atoms with Crippen molar-refractivity contribution in [2.45, 2.75) is 25.4 Å². The summed E-state index contributed by atoms with van der Waals surface area (Å²) in [6.07, 6.45) is 1.77. The Bertz CT molecular complexity index is 453. The van der Waals surface area contributed by atoms with Crippen LogP contribution in [0.3, 0.4) is 0 Å². The Balaban J connectivity index is 2.13. The summed E-state index contributed by atoms with van der Waals surface area (Å²) in [5.74, 6) is -0.470. The molecule has 0 aliphatic carbocycles. The van der Waals surface area contributed by atoms with Crippen molar-refractivity contribution in [2.75, 3.05) is 13.7 Å². The van der Waals surface area contributed by atoms with Crippen molar-refractivity contribution >= 4 is 21.9 Å². The van der Waals surface area contributed by atoms with Crippen molar-refractivity contribution < 1.29 is 13.9 Å². The molecule has 1 aromatic rings.